The predicted molar refractivity (Wildman–Crippen MR) is 91.7 cm³/mol. The van der Waals surface area contributed by atoms with Crippen molar-refractivity contribution in [2.24, 2.45) is 0 Å². The van der Waals surface area contributed by atoms with Gasteiger partial charge in [0.1, 0.15) is 11.9 Å². The highest BCUT2D eigenvalue weighted by atomic mass is 35.5. The van der Waals surface area contributed by atoms with Crippen LogP contribution in [0.5, 0.6) is 11.5 Å². The molecule has 146 valence electrons. The molecule has 2 N–H and O–H groups in total. The van der Waals surface area contributed by atoms with Gasteiger partial charge >= 0.3 is 0 Å². The third kappa shape index (κ3) is 4.73. The number of ether oxygens (including phenoxy) is 2. The van der Waals surface area contributed by atoms with Gasteiger partial charge in [0, 0.05) is 31.0 Å². The number of benzene rings is 1. The topological polar surface area (TPSA) is 59.6 Å². The van der Waals surface area contributed by atoms with Crippen LogP contribution in [0.25, 0.3) is 0 Å². The molecule has 0 bridgehead atoms. The molecule has 1 atom stereocenters. The number of alkyl halides is 2. The fourth-order valence-electron chi connectivity index (χ4n) is 3.08. The van der Waals surface area contributed by atoms with Crippen LogP contribution in [-0.4, -0.2) is 37.6 Å². The molecule has 9 heteroatoms. The molecule has 3 rings (SSSR count). The second-order valence-corrected chi connectivity index (χ2v) is 6.47. The molecule has 1 aliphatic heterocycles. The summed E-state index contributed by atoms with van der Waals surface area (Å²) in [5, 5.41) is 5.83. The van der Waals surface area contributed by atoms with Gasteiger partial charge in [-0.2, -0.15) is 0 Å². The highest BCUT2D eigenvalue weighted by Gasteiger charge is 2.47. The molecule has 1 aromatic rings. The molecule has 5 nitrogen and oxygen atoms in total. The quantitative estimate of drug-likeness (QED) is 0.779. The zero-order chi connectivity index (χ0) is 18.0. The highest BCUT2D eigenvalue weighted by molar-refractivity contribution is 5.85. The van der Waals surface area contributed by atoms with Crippen LogP contribution in [0.2, 0.25) is 0 Å². The minimum absolute atomic E-state index is 0. The van der Waals surface area contributed by atoms with Gasteiger partial charge in [-0.05, 0) is 25.5 Å². The molecule has 0 radical (unpaired) electrons. The summed E-state index contributed by atoms with van der Waals surface area (Å²) in [6.45, 7) is 0.918. The molecule has 2 fully saturated rings. The van der Waals surface area contributed by atoms with Crippen LogP contribution in [0.4, 0.5) is 13.2 Å². The lowest BCUT2D eigenvalue weighted by Crippen LogP contribution is -2.43. The molecule has 1 saturated heterocycles. The van der Waals surface area contributed by atoms with E-state index >= 15 is 0 Å². The highest BCUT2D eigenvalue weighted by Crippen LogP contribution is 2.41. The van der Waals surface area contributed by atoms with Crippen LogP contribution in [-0.2, 0) is 11.3 Å². The molecule has 0 aromatic heterocycles. The molecule has 1 amide bonds. The lowest BCUT2D eigenvalue weighted by Gasteiger charge is -2.35. The minimum atomic E-state index is -2.73. The Kier molecular flexibility index (Phi) is 6.63. The summed E-state index contributed by atoms with van der Waals surface area (Å²) in [5.41, 5.74) is 0.456. The Morgan fingerprint density at radius 2 is 2.08 bits per heavy atom. The first kappa shape index (κ1) is 20.6. The smallest absolute Gasteiger partial charge is 0.255 e. The standard InChI is InChI=1S/C17H21F3N2O3.ClH/c1-24-14-6-15(25-11-7-17(19,20)8-11)12(18)5-10(14)9-22-16(23)13-3-2-4-21-13;/h5-6,11,13,21H,2-4,7-9H2,1H3,(H,22,23);1H. The third-order valence-corrected chi connectivity index (χ3v) is 4.51. The van der Waals surface area contributed by atoms with E-state index in [1.807, 2.05) is 0 Å². The number of hydrogen-bond donors (Lipinski definition) is 2. The van der Waals surface area contributed by atoms with Gasteiger partial charge in [0.15, 0.2) is 11.6 Å². The lowest BCUT2D eigenvalue weighted by molar-refractivity contribution is -0.135. The van der Waals surface area contributed by atoms with Crippen molar-refractivity contribution in [2.45, 2.75) is 50.3 Å². The number of carbonyl (C=O) groups excluding carboxylic acids is 1. The third-order valence-electron chi connectivity index (χ3n) is 4.51. The van der Waals surface area contributed by atoms with E-state index in [1.54, 1.807) is 0 Å². The van der Waals surface area contributed by atoms with E-state index < -0.39 is 30.7 Å². The van der Waals surface area contributed by atoms with Crippen molar-refractivity contribution in [1.29, 1.82) is 0 Å². The molecule has 1 saturated carbocycles. The Hall–Kier alpha value is -1.67. The van der Waals surface area contributed by atoms with E-state index in [0.29, 0.717) is 11.3 Å². The summed E-state index contributed by atoms with van der Waals surface area (Å²) in [6.07, 6.45) is 0.188. The Morgan fingerprint density at radius 1 is 1.35 bits per heavy atom. The second kappa shape index (κ2) is 8.35. The van der Waals surface area contributed by atoms with Crippen LogP contribution in [0.15, 0.2) is 12.1 Å². The minimum Gasteiger partial charge on any atom is -0.496 e. The van der Waals surface area contributed by atoms with Gasteiger partial charge in [0.05, 0.1) is 13.2 Å². The van der Waals surface area contributed by atoms with Crippen molar-refractivity contribution in [3.8, 4) is 11.5 Å². The molecule has 1 unspecified atom stereocenters. The molecule has 1 aromatic carbocycles. The zero-order valence-electron chi connectivity index (χ0n) is 14.3. The first-order valence-electron chi connectivity index (χ1n) is 8.30. The van der Waals surface area contributed by atoms with Gasteiger partial charge in [-0.1, -0.05) is 0 Å². The first-order valence-corrected chi connectivity index (χ1v) is 8.30. The summed E-state index contributed by atoms with van der Waals surface area (Å²) < 4.78 is 50.4. The summed E-state index contributed by atoms with van der Waals surface area (Å²) >= 11 is 0. The van der Waals surface area contributed by atoms with Gasteiger partial charge in [-0.15, -0.1) is 12.4 Å². The largest absolute Gasteiger partial charge is 0.496 e. The van der Waals surface area contributed by atoms with Crippen LogP contribution in [0.3, 0.4) is 0 Å². The van der Waals surface area contributed by atoms with Gasteiger partial charge in [-0.25, -0.2) is 13.2 Å². The van der Waals surface area contributed by atoms with Gasteiger partial charge < -0.3 is 20.1 Å². The Bertz CT molecular complexity index is 646. The van der Waals surface area contributed by atoms with Crippen molar-refractivity contribution >= 4 is 18.3 Å². The maximum absolute atomic E-state index is 14.2. The average Bonchev–Trinajstić information content (AvgIpc) is 3.07. The van der Waals surface area contributed by atoms with Crippen molar-refractivity contribution in [1.82, 2.24) is 10.6 Å². The van der Waals surface area contributed by atoms with Gasteiger partial charge in [-0.3, -0.25) is 4.79 Å². The first-order chi connectivity index (χ1) is 11.9. The number of methoxy groups -OCH3 is 1. The second-order valence-electron chi connectivity index (χ2n) is 6.47. The molecular formula is C17H22ClF3N2O3. The van der Waals surface area contributed by atoms with Crippen LogP contribution in [0.1, 0.15) is 31.2 Å². The fraction of sp³-hybridized carbons (Fsp3) is 0.588. The van der Waals surface area contributed by atoms with Gasteiger partial charge in [0.25, 0.3) is 5.92 Å². The fourth-order valence-corrected chi connectivity index (χ4v) is 3.08. The Morgan fingerprint density at radius 3 is 2.65 bits per heavy atom. The Labute approximate surface area is 156 Å². The normalized spacial score (nSPS) is 21.5. The number of hydrogen-bond acceptors (Lipinski definition) is 4. The summed E-state index contributed by atoms with van der Waals surface area (Å²) in [4.78, 5) is 12.0. The van der Waals surface area contributed by atoms with Crippen LogP contribution >= 0.6 is 12.4 Å². The lowest BCUT2D eigenvalue weighted by atomic mass is 9.91. The van der Waals surface area contributed by atoms with Crippen molar-refractivity contribution < 1.29 is 27.4 Å². The molecule has 1 heterocycles. The summed E-state index contributed by atoms with van der Waals surface area (Å²) in [6, 6.07) is 2.31. The number of nitrogens with one attached hydrogen (secondary N) is 2. The number of carbonyl (C=O) groups is 1. The summed E-state index contributed by atoms with van der Waals surface area (Å²) in [5.74, 6) is -3.33. The maximum Gasteiger partial charge on any atom is 0.255 e. The number of amides is 1. The Balaban J connectivity index is 0.00000243. The van der Waals surface area contributed by atoms with E-state index in [0.717, 1.165) is 19.4 Å². The van der Waals surface area contributed by atoms with Crippen molar-refractivity contribution in [3.63, 3.8) is 0 Å². The van der Waals surface area contributed by atoms with E-state index in [9.17, 15) is 18.0 Å². The molecule has 26 heavy (non-hydrogen) atoms. The van der Waals surface area contributed by atoms with E-state index in [2.05, 4.69) is 10.6 Å². The number of rotatable bonds is 6. The van der Waals surface area contributed by atoms with E-state index in [1.165, 1.54) is 19.2 Å². The van der Waals surface area contributed by atoms with Crippen molar-refractivity contribution in [2.75, 3.05) is 13.7 Å². The molecular weight excluding hydrogens is 373 g/mol. The molecule has 2 aliphatic rings. The monoisotopic (exact) mass is 394 g/mol. The van der Waals surface area contributed by atoms with E-state index in [-0.39, 0.29) is 36.7 Å². The maximum atomic E-state index is 14.2. The zero-order valence-corrected chi connectivity index (χ0v) is 15.1. The van der Waals surface area contributed by atoms with Gasteiger partial charge in [0.2, 0.25) is 5.91 Å². The molecule has 0 spiro atoms. The molecule has 1 aliphatic carbocycles. The van der Waals surface area contributed by atoms with Crippen LogP contribution in [0, 0.1) is 5.82 Å². The van der Waals surface area contributed by atoms with E-state index in [4.69, 9.17) is 9.47 Å². The average molecular weight is 395 g/mol. The SMILES string of the molecule is COc1cc(OC2CC(F)(F)C2)c(F)cc1CNC(=O)C1CCCN1.Cl. The van der Waals surface area contributed by atoms with Crippen molar-refractivity contribution in [3.05, 3.63) is 23.5 Å². The number of halogens is 4. The van der Waals surface area contributed by atoms with Crippen LogP contribution < -0.4 is 20.1 Å². The predicted octanol–water partition coefficient (Wildman–Crippen LogP) is 2.80. The summed E-state index contributed by atoms with van der Waals surface area (Å²) in [7, 11) is 1.42.